The number of hydrogen-bond acceptors (Lipinski definition) is 4. The average Bonchev–Trinajstić information content (AvgIpc) is 2.68. The van der Waals surface area contributed by atoms with Gasteiger partial charge in [-0.2, -0.15) is 0 Å². The Morgan fingerprint density at radius 1 is 0.393 bits per heavy atom. The number of rotatable bonds is 0. The van der Waals surface area contributed by atoms with Crippen molar-refractivity contribution in [2.24, 2.45) is 0 Å². The summed E-state index contributed by atoms with van der Waals surface area (Å²) in [5.74, 6) is -1.03. The van der Waals surface area contributed by atoms with E-state index in [-0.39, 0.29) is 23.1 Å². The van der Waals surface area contributed by atoms with E-state index in [1.807, 2.05) is 48.5 Å². The molecule has 0 radical (unpaired) electrons. The zero-order valence-corrected chi connectivity index (χ0v) is 14.6. The van der Waals surface area contributed by atoms with Gasteiger partial charge in [0.05, 0.1) is 21.7 Å². The Balaban J connectivity index is 1.78. The molecule has 0 atom stereocenters. The molecule has 2 aromatic rings. The molecule has 0 aromatic heterocycles. The van der Waals surface area contributed by atoms with E-state index in [9.17, 15) is 19.2 Å². The van der Waals surface area contributed by atoms with Crippen molar-refractivity contribution in [3.05, 3.63) is 95.1 Å². The first kappa shape index (κ1) is 14.6. The maximum atomic E-state index is 13.5. The monoisotopic (exact) mass is 364 g/mol. The van der Waals surface area contributed by atoms with Crippen LogP contribution >= 0.6 is 0 Å². The summed E-state index contributed by atoms with van der Waals surface area (Å²) >= 11 is 0. The van der Waals surface area contributed by atoms with Crippen LogP contribution in [0.25, 0.3) is 0 Å². The van der Waals surface area contributed by atoms with E-state index in [4.69, 9.17) is 0 Å². The molecule has 0 N–H and O–H groups in total. The van der Waals surface area contributed by atoms with Gasteiger partial charge >= 0.3 is 0 Å². The summed E-state index contributed by atoms with van der Waals surface area (Å²) in [6.07, 6.45) is 5.19. The van der Waals surface area contributed by atoms with Gasteiger partial charge < -0.3 is 0 Å². The highest BCUT2D eigenvalue weighted by molar-refractivity contribution is 6.38. The van der Waals surface area contributed by atoms with E-state index in [1.165, 1.54) is 24.3 Å². The second kappa shape index (κ2) is 3.76. The van der Waals surface area contributed by atoms with E-state index in [0.717, 1.165) is 0 Å². The molecule has 0 bridgehead atoms. The quantitative estimate of drug-likeness (QED) is 0.715. The molecule has 0 saturated heterocycles. The third kappa shape index (κ3) is 0.832. The standard InChI is InChI=1S/C24H12O4/c25-17-9-10-18(26)22-14-6-2-1-5-13(14)21(17,22)23-15-7-3-4-8-16(15)24(22,23)20(28)12-11-19(23)27/h1-12H. The Hall–Kier alpha value is -3.40. The van der Waals surface area contributed by atoms with Crippen LogP contribution in [-0.2, 0) is 40.8 Å². The van der Waals surface area contributed by atoms with Gasteiger partial charge in [0.15, 0.2) is 23.1 Å². The highest BCUT2D eigenvalue weighted by atomic mass is 16.2. The van der Waals surface area contributed by atoms with Crippen LogP contribution in [0.3, 0.4) is 0 Å². The van der Waals surface area contributed by atoms with Gasteiger partial charge in [0.1, 0.15) is 0 Å². The van der Waals surface area contributed by atoms with Gasteiger partial charge in [0.2, 0.25) is 0 Å². The number of carbonyl (C=O) groups is 4. The first-order valence-electron chi connectivity index (χ1n) is 9.29. The zero-order chi connectivity index (χ0) is 19.1. The molecule has 5 aliphatic carbocycles. The van der Waals surface area contributed by atoms with Gasteiger partial charge in [0, 0.05) is 0 Å². The second-order valence-corrected chi connectivity index (χ2v) is 8.21. The molecule has 4 nitrogen and oxygen atoms in total. The highest BCUT2D eigenvalue weighted by Gasteiger charge is 3.04. The van der Waals surface area contributed by atoms with E-state index in [1.54, 1.807) is 0 Å². The SMILES string of the molecule is O=C1C=CC(=O)C23c4ccccc4C12C12C(=O)C=CC(=O)C31c1ccccc12. The molecule has 0 amide bonds. The molecule has 7 rings (SSSR count). The van der Waals surface area contributed by atoms with Crippen LogP contribution in [0, 0.1) is 0 Å². The van der Waals surface area contributed by atoms with Crippen LogP contribution in [0.5, 0.6) is 0 Å². The molecule has 132 valence electrons. The van der Waals surface area contributed by atoms with Crippen molar-refractivity contribution < 1.29 is 19.2 Å². The molecular formula is C24H12O4. The minimum atomic E-state index is -1.33. The molecule has 0 aliphatic heterocycles. The Bertz CT molecular complexity index is 1100. The third-order valence-electron chi connectivity index (χ3n) is 7.97. The van der Waals surface area contributed by atoms with Gasteiger partial charge in [-0.3, -0.25) is 19.2 Å². The van der Waals surface area contributed by atoms with E-state index < -0.39 is 21.7 Å². The number of hydrogen-bond donors (Lipinski definition) is 0. The van der Waals surface area contributed by atoms with Gasteiger partial charge in [-0.15, -0.1) is 0 Å². The Kier molecular flexibility index (Phi) is 1.97. The molecule has 1 fully saturated rings. The molecular weight excluding hydrogens is 352 g/mol. The van der Waals surface area contributed by atoms with Crippen molar-refractivity contribution in [1.82, 2.24) is 0 Å². The van der Waals surface area contributed by atoms with Crippen molar-refractivity contribution in [3.8, 4) is 0 Å². The largest absolute Gasteiger partial charge is 0.294 e. The molecule has 4 heteroatoms. The number of fused-ring (bicyclic) bond motifs is 2. The maximum Gasteiger partial charge on any atom is 0.169 e. The zero-order valence-electron chi connectivity index (χ0n) is 14.6. The van der Waals surface area contributed by atoms with Crippen LogP contribution in [-0.4, -0.2) is 23.1 Å². The Morgan fingerprint density at radius 3 is 0.821 bits per heavy atom. The van der Waals surface area contributed by atoms with Crippen LogP contribution < -0.4 is 0 Å². The minimum Gasteiger partial charge on any atom is -0.294 e. The average molecular weight is 364 g/mol. The van der Waals surface area contributed by atoms with Crippen molar-refractivity contribution in [3.63, 3.8) is 0 Å². The summed E-state index contributed by atoms with van der Waals surface area (Å²) in [6.45, 7) is 0. The summed E-state index contributed by atoms with van der Waals surface area (Å²) in [5, 5.41) is 0. The van der Waals surface area contributed by atoms with Crippen molar-refractivity contribution in [2.45, 2.75) is 21.7 Å². The van der Waals surface area contributed by atoms with Crippen molar-refractivity contribution in [2.75, 3.05) is 0 Å². The van der Waals surface area contributed by atoms with Gasteiger partial charge in [0.25, 0.3) is 0 Å². The maximum absolute atomic E-state index is 13.5. The Labute approximate surface area is 159 Å². The number of carbonyl (C=O) groups excluding carboxylic acids is 4. The molecule has 0 unspecified atom stereocenters. The first-order chi connectivity index (χ1) is 13.6. The molecule has 0 heterocycles. The lowest BCUT2D eigenvalue weighted by Gasteiger charge is -2.88. The lowest BCUT2D eigenvalue weighted by Crippen LogP contribution is -3.03. The molecule has 0 spiro atoms. The van der Waals surface area contributed by atoms with Crippen LogP contribution in [0.2, 0.25) is 0 Å². The topological polar surface area (TPSA) is 68.3 Å². The molecule has 5 aliphatic rings. The van der Waals surface area contributed by atoms with Gasteiger partial charge in [-0.1, -0.05) is 48.5 Å². The summed E-state index contributed by atoms with van der Waals surface area (Å²) in [5.41, 5.74) is -2.47. The summed E-state index contributed by atoms with van der Waals surface area (Å²) in [7, 11) is 0. The normalized spacial score (nSPS) is 40.0. The van der Waals surface area contributed by atoms with Gasteiger partial charge in [-0.25, -0.2) is 0 Å². The predicted molar refractivity (Wildman–Crippen MR) is 97.9 cm³/mol. The van der Waals surface area contributed by atoms with E-state index >= 15 is 0 Å². The fourth-order valence-corrected chi connectivity index (χ4v) is 7.64. The number of benzene rings is 2. The lowest BCUT2D eigenvalue weighted by atomic mass is 9.07. The molecule has 28 heavy (non-hydrogen) atoms. The smallest absolute Gasteiger partial charge is 0.169 e. The van der Waals surface area contributed by atoms with Crippen LogP contribution in [0.1, 0.15) is 22.3 Å². The second-order valence-electron chi connectivity index (χ2n) is 8.21. The fraction of sp³-hybridized carbons (Fsp3) is 0.167. The van der Waals surface area contributed by atoms with Crippen LogP contribution in [0.4, 0.5) is 0 Å². The van der Waals surface area contributed by atoms with Crippen LogP contribution in [0.15, 0.2) is 72.8 Å². The highest BCUT2D eigenvalue weighted by Crippen LogP contribution is 2.91. The summed E-state index contributed by atoms with van der Waals surface area (Å²) in [4.78, 5) is 54.1. The fourth-order valence-electron chi connectivity index (χ4n) is 7.64. The van der Waals surface area contributed by atoms with E-state index in [2.05, 4.69) is 0 Å². The third-order valence-corrected chi connectivity index (χ3v) is 7.97. The predicted octanol–water partition coefficient (Wildman–Crippen LogP) is 1.79. The Morgan fingerprint density at radius 2 is 0.607 bits per heavy atom. The lowest BCUT2D eigenvalue weighted by molar-refractivity contribution is -0.204. The summed E-state index contributed by atoms with van der Waals surface area (Å²) < 4.78 is 0. The van der Waals surface area contributed by atoms with Gasteiger partial charge in [-0.05, 0) is 46.6 Å². The van der Waals surface area contributed by atoms with E-state index in [0.29, 0.717) is 22.3 Å². The number of ketones is 4. The number of allylic oxidation sites excluding steroid dienone is 4. The summed E-state index contributed by atoms with van der Waals surface area (Å²) in [6, 6.07) is 14.6. The molecule has 2 aromatic carbocycles. The first-order valence-corrected chi connectivity index (χ1v) is 9.29. The van der Waals surface area contributed by atoms with Crippen molar-refractivity contribution in [1.29, 1.82) is 0 Å². The van der Waals surface area contributed by atoms with Crippen molar-refractivity contribution >= 4 is 23.1 Å². The molecule has 1 saturated carbocycles. The minimum absolute atomic E-state index is 0.257.